The molecule has 0 spiro atoms. The van der Waals surface area contributed by atoms with Crippen LogP contribution in [0.25, 0.3) is 0 Å². The fourth-order valence-electron chi connectivity index (χ4n) is 1.71. The van der Waals surface area contributed by atoms with Gasteiger partial charge in [0.15, 0.2) is 5.43 Å². The minimum absolute atomic E-state index is 0.192. The molecular weight excluding hydrogens is 216 g/mol. The standard InChI is InChI=1S/C13H20N2O2/c1-5-15(8-9(2)3)13(17)11-7-14-10(4)6-12(11)16/h6-7,9H,5,8H2,1-4H3,(H,14,16). The second-order valence-corrected chi connectivity index (χ2v) is 4.63. The van der Waals surface area contributed by atoms with E-state index in [2.05, 4.69) is 18.8 Å². The molecule has 0 aliphatic rings. The second kappa shape index (κ2) is 5.66. The number of aryl methyl sites for hydroxylation is 1. The number of pyridine rings is 1. The van der Waals surface area contributed by atoms with E-state index in [4.69, 9.17) is 0 Å². The van der Waals surface area contributed by atoms with Gasteiger partial charge in [-0.1, -0.05) is 13.8 Å². The summed E-state index contributed by atoms with van der Waals surface area (Å²) in [6.45, 7) is 9.10. The molecule has 1 rings (SSSR count). The lowest BCUT2D eigenvalue weighted by Gasteiger charge is -2.22. The summed E-state index contributed by atoms with van der Waals surface area (Å²) in [5, 5.41) is 0. The number of carbonyl (C=O) groups excluding carboxylic acids is 1. The number of amides is 1. The highest BCUT2D eigenvalue weighted by atomic mass is 16.2. The monoisotopic (exact) mass is 236 g/mol. The average Bonchev–Trinajstić information content (AvgIpc) is 2.24. The van der Waals surface area contributed by atoms with Crippen LogP contribution in [0, 0.1) is 12.8 Å². The maximum Gasteiger partial charge on any atom is 0.259 e. The van der Waals surface area contributed by atoms with Gasteiger partial charge < -0.3 is 9.88 Å². The number of aromatic amines is 1. The Morgan fingerprint density at radius 2 is 2.12 bits per heavy atom. The van der Waals surface area contributed by atoms with Crippen molar-refractivity contribution in [2.45, 2.75) is 27.7 Å². The summed E-state index contributed by atoms with van der Waals surface area (Å²) in [5.41, 5.74) is 0.769. The van der Waals surface area contributed by atoms with Crippen molar-refractivity contribution in [3.05, 3.63) is 33.7 Å². The number of nitrogens with zero attached hydrogens (tertiary/aromatic N) is 1. The van der Waals surface area contributed by atoms with Gasteiger partial charge in [0.05, 0.1) is 0 Å². The first-order valence-electron chi connectivity index (χ1n) is 5.94. The molecule has 1 N–H and O–H groups in total. The molecule has 0 bridgehead atoms. The Labute approximate surface area is 102 Å². The number of H-pyrrole nitrogens is 1. The molecule has 0 saturated carbocycles. The van der Waals surface area contributed by atoms with Crippen LogP contribution in [0.5, 0.6) is 0 Å². The van der Waals surface area contributed by atoms with Crippen LogP contribution in [0.3, 0.4) is 0 Å². The van der Waals surface area contributed by atoms with E-state index in [9.17, 15) is 9.59 Å². The van der Waals surface area contributed by atoms with Gasteiger partial charge in [-0.15, -0.1) is 0 Å². The van der Waals surface area contributed by atoms with Crippen LogP contribution in [-0.4, -0.2) is 28.9 Å². The summed E-state index contributed by atoms with van der Waals surface area (Å²) >= 11 is 0. The third-order valence-electron chi connectivity index (χ3n) is 2.54. The third-order valence-corrected chi connectivity index (χ3v) is 2.54. The van der Waals surface area contributed by atoms with Crippen LogP contribution in [0.4, 0.5) is 0 Å². The van der Waals surface area contributed by atoms with E-state index in [1.807, 2.05) is 6.92 Å². The molecule has 94 valence electrons. The zero-order valence-corrected chi connectivity index (χ0v) is 10.9. The van der Waals surface area contributed by atoms with E-state index in [-0.39, 0.29) is 16.9 Å². The van der Waals surface area contributed by atoms with Crippen molar-refractivity contribution >= 4 is 5.91 Å². The lowest BCUT2D eigenvalue weighted by molar-refractivity contribution is 0.0744. The second-order valence-electron chi connectivity index (χ2n) is 4.63. The van der Waals surface area contributed by atoms with Crippen molar-refractivity contribution in [1.29, 1.82) is 0 Å². The normalized spacial score (nSPS) is 10.6. The van der Waals surface area contributed by atoms with Crippen molar-refractivity contribution in [1.82, 2.24) is 9.88 Å². The van der Waals surface area contributed by atoms with Crippen molar-refractivity contribution in [2.75, 3.05) is 13.1 Å². The van der Waals surface area contributed by atoms with E-state index in [1.54, 1.807) is 11.8 Å². The van der Waals surface area contributed by atoms with Crippen molar-refractivity contribution < 1.29 is 4.79 Å². The molecule has 0 aromatic carbocycles. The Hall–Kier alpha value is -1.58. The molecule has 1 heterocycles. The number of rotatable bonds is 4. The summed E-state index contributed by atoms with van der Waals surface area (Å²) in [4.78, 5) is 28.5. The molecule has 0 saturated heterocycles. The molecule has 17 heavy (non-hydrogen) atoms. The SMILES string of the molecule is CCN(CC(C)C)C(=O)c1c[nH]c(C)cc1=O. The zero-order chi connectivity index (χ0) is 13.0. The Morgan fingerprint density at radius 3 is 2.59 bits per heavy atom. The van der Waals surface area contributed by atoms with Crippen LogP contribution in [0.2, 0.25) is 0 Å². The lowest BCUT2D eigenvalue weighted by Crippen LogP contribution is -2.36. The zero-order valence-electron chi connectivity index (χ0n) is 10.9. The summed E-state index contributed by atoms with van der Waals surface area (Å²) in [6.07, 6.45) is 1.50. The number of hydrogen-bond donors (Lipinski definition) is 1. The third kappa shape index (κ3) is 3.44. The largest absolute Gasteiger partial charge is 0.364 e. The van der Waals surface area contributed by atoms with Gasteiger partial charge in [0.25, 0.3) is 5.91 Å². The Bertz CT molecular complexity index is 449. The Morgan fingerprint density at radius 1 is 1.47 bits per heavy atom. The Kier molecular flexibility index (Phi) is 4.49. The van der Waals surface area contributed by atoms with Gasteiger partial charge in [-0.05, 0) is 19.8 Å². The molecule has 0 aliphatic heterocycles. The molecule has 1 aromatic heterocycles. The van der Waals surface area contributed by atoms with Crippen LogP contribution >= 0.6 is 0 Å². The quantitative estimate of drug-likeness (QED) is 0.866. The maximum absolute atomic E-state index is 12.1. The smallest absolute Gasteiger partial charge is 0.259 e. The minimum atomic E-state index is -0.214. The first-order valence-corrected chi connectivity index (χ1v) is 5.94. The molecule has 0 fully saturated rings. The fourth-order valence-corrected chi connectivity index (χ4v) is 1.71. The number of carbonyl (C=O) groups is 1. The lowest BCUT2D eigenvalue weighted by atomic mass is 10.1. The first kappa shape index (κ1) is 13.5. The molecule has 1 amide bonds. The summed E-state index contributed by atoms with van der Waals surface area (Å²) in [6, 6.07) is 1.45. The highest BCUT2D eigenvalue weighted by molar-refractivity contribution is 5.93. The van der Waals surface area contributed by atoms with Gasteiger partial charge in [0.2, 0.25) is 0 Å². The van der Waals surface area contributed by atoms with Gasteiger partial charge in [-0.2, -0.15) is 0 Å². The van der Waals surface area contributed by atoms with Gasteiger partial charge in [0, 0.05) is 31.0 Å². The number of nitrogens with one attached hydrogen (secondary N) is 1. The summed E-state index contributed by atoms with van der Waals surface area (Å²) in [7, 11) is 0. The molecule has 0 aliphatic carbocycles. The van der Waals surface area contributed by atoms with E-state index in [0.29, 0.717) is 19.0 Å². The minimum Gasteiger partial charge on any atom is -0.364 e. The number of hydrogen-bond acceptors (Lipinski definition) is 2. The van der Waals surface area contributed by atoms with Gasteiger partial charge in [0.1, 0.15) is 5.56 Å². The van der Waals surface area contributed by atoms with Crippen LogP contribution in [-0.2, 0) is 0 Å². The van der Waals surface area contributed by atoms with Gasteiger partial charge >= 0.3 is 0 Å². The maximum atomic E-state index is 12.1. The van der Waals surface area contributed by atoms with Gasteiger partial charge in [-0.25, -0.2) is 0 Å². The van der Waals surface area contributed by atoms with Crippen molar-refractivity contribution in [3.63, 3.8) is 0 Å². The molecule has 4 heteroatoms. The van der Waals surface area contributed by atoms with Crippen LogP contribution < -0.4 is 5.43 Å². The number of aromatic nitrogens is 1. The summed E-state index contributed by atoms with van der Waals surface area (Å²) in [5.74, 6) is 0.200. The average molecular weight is 236 g/mol. The highest BCUT2D eigenvalue weighted by Gasteiger charge is 2.17. The van der Waals surface area contributed by atoms with Crippen LogP contribution in [0.1, 0.15) is 36.8 Å². The molecule has 0 atom stereocenters. The van der Waals surface area contributed by atoms with Crippen molar-refractivity contribution in [3.8, 4) is 0 Å². The van der Waals surface area contributed by atoms with E-state index >= 15 is 0 Å². The topological polar surface area (TPSA) is 53.2 Å². The molecule has 0 unspecified atom stereocenters. The van der Waals surface area contributed by atoms with Crippen molar-refractivity contribution in [2.24, 2.45) is 5.92 Å². The van der Waals surface area contributed by atoms with Gasteiger partial charge in [-0.3, -0.25) is 9.59 Å². The summed E-state index contributed by atoms with van der Waals surface area (Å²) < 4.78 is 0. The predicted molar refractivity (Wildman–Crippen MR) is 68.2 cm³/mol. The van der Waals surface area contributed by atoms with E-state index < -0.39 is 0 Å². The van der Waals surface area contributed by atoms with E-state index in [1.165, 1.54) is 12.3 Å². The van der Waals surface area contributed by atoms with Crippen LogP contribution in [0.15, 0.2) is 17.1 Å². The highest BCUT2D eigenvalue weighted by Crippen LogP contribution is 2.04. The first-order chi connectivity index (χ1) is 7.95. The predicted octanol–water partition coefficient (Wildman–Crippen LogP) is 1.80. The Balaban J connectivity index is 2.98. The molecule has 1 aromatic rings. The fraction of sp³-hybridized carbons (Fsp3) is 0.538. The molecule has 0 radical (unpaired) electrons. The van der Waals surface area contributed by atoms with E-state index in [0.717, 1.165) is 5.69 Å². The molecular formula is C13H20N2O2. The molecule has 4 nitrogen and oxygen atoms in total.